The zero-order valence-corrected chi connectivity index (χ0v) is 13.4. The van der Waals surface area contributed by atoms with Crippen LogP contribution in [0.1, 0.15) is 18.4 Å². The number of benzene rings is 1. The van der Waals surface area contributed by atoms with Crippen molar-refractivity contribution in [3.8, 4) is 0 Å². The Morgan fingerprint density at radius 1 is 1.52 bits per heavy atom. The van der Waals surface area contributed by atoms with E-state index in [2.05, 4.69) is 26.1 Å². The molecule has 1 heterocycles. The molecule has 7 heteroatoms. The van der Waals surface area contributed by atoms with Gasteiger partial charge in [0.15, 0.2) is 0 Å². The minimum Gasteiger partial charge on any atom is -0.395 e. The molecule has 1 atom stereocenters. The summed E-state index contributed by atoms with van der Waals surface area (Å²) in [4.78, 5) is 12.9. The highest BCUT2D eigenvalue weighted by Crippen LogP contribution is 2.25. The van der Waals surface area contributed by atoms with Gasteiger partial charge in [-0.1, -0.05) is 15.9 Å². The molecule has 2 rings (SSSR count). The number of halogens is 1. The first-order chi connectivity index (χ1) is 10.1. The van der Waals surface area contributed by atoms with Crippen molar-refractivity contribution in [1.82, 2.24) is 10.2 Å². The number of aliphatic hydroxyl groups is 1. The van der Waals surface area contributed by atoms with Crippen molar-refractivity contribution in [3.05, 3.63) is 38.3 Å². The van der Waals surface area contributed by atoms with E-state index in [1.54, 1.807) is 6.07 Å². The van der Waals surface area contributed by atoms with Gasteiger partial charge in [0.05, 0.1) is 11.5 Å². The second-order valence-corrected chi connectivity index (χ2v) is 6.20. The number of hydrogen-bond donors (Lipinski definition) is 2. The summed E-state index contributed by atoms with van der Waals surface area (Å²) in [5.74, 6) is 0. The van der Waals surface area contributed by atoms with Gasteiger partial charge >= 0.3 is 0 Å². The van der Waals surface area contributed by atoms with E-state index in [1.165, 1.54) is 6.07 Å². The highest BCUT2D eigenvalue weighted by Gasteiger charge is 2.21. The molecule has 1 unspecified atom stereocenters. The molecular weight excluding hydrogens is 338 g/mol. The lowest BCUT2D eigenvalue weighted by atomic mass is 10.1. The van der Waals surface area contributed by atoms with Crippen LogP contribution in [0.2, 0.25) is 0 Å². The maximum absolute atomic E-state index is 11.2. The number of nitrogens with one attached hydrogen (secondary N) is 1. The van der Waals surface area contributed by atoms with Crippen LogP contribution in [0.3, 0.4) is 0 Å². The summed E-state index contributed by atoms with van der Waals surface area (Å²) in [6.45, 7) is 2.87. The van der Waals surface area contributed by atoms with E-state index in [4.69, 9.17) is 0 Å². The van der Waals surface area contributed by atoms with E-state index >= 15 is 0 Å². The fraction of sp³-hybridized carbons (Fsp3) is 0.571. The molecule has 0 amide bonds. The van der Waals surface area contributed by atoms with Gasteiger partial charge in [-0.3, -0.25) is 15.0 Å². The molecule has 0 bridgehead atoms. The highest BCUT2D eigenvalue weighted by atomic mass is 79.9. The first kappa shape index (κ1) is 16.4. The molecule has 116 valence electrons. The van der Waals surface area contributed by atoms with Gasteiger partial charge < -0.3 is 10.4 Å². The molecular formula is C14H20BrN3O3. The Hall–Kier alpha value is -1.02. The lowest BCUT2D eigenvalue weighted by Gasteiger charge is -2.24. The van der Waals surface area contributed by atoms with E-state index in [0.29, 0.717) is 29.2 Å². The Labute approximate surface area is 132 Å². The fourth-order valence-corrected chi connectivity index (χ4v) is 3.03. The molecule has 1 saturated heterocycles. The van der Waals surface area contributed by atoms with Crippen LogP contribution < -0.4 is 5.32 Å². The molecule has 1 aliphatic rings. The van der Waals surface area contributed by atoms with Crippen molar-refractivity contribution in [2.45, 2.75) is 25.4 Å². The van der Waals surface area contributed by atoms with E-state index < -0.39 is 0 Å². The Morgan fingerprint density at radius 3 is 2.95 bits per heavy atom. The second-order valence-electron chi connectivity index (χ2n) is 5.28. The zero-order chi connectivity index (χ0) is 15.2. The topological polar surface area (TPSA) is 78.6 Å². The van der Waals surface area contributed by atoms with Crippen LogP contribution in [-0.2, 0) is 6.54 Å². The summed E-state index contributed by atoms with van der Waals surface area (Å²) >= 11 is 3.26. The number of hydrogen-bond acceptors (Lipinski definition) is 5. The Morgan fingerprint density at radius 2 is 2.33 bits per heavy atom. The number of nitrogens with zero attached hydrogens (tertiary/aromatic N) is 2. The van der Waals surface area contributed by atoms with Crippen molar-refractivity contribution in [2.75, 3.05) is 26.2 Å². The van der Waals surface area contributed by atoms with E-state index in [9.17, 15) is 15.2 Å². The molecule has 6 nitrogen and oxygen atoms in total. The Balaban J connectivity index is 2.10. The second kappa shape index (κ2) is 7.84. The number of aliphatic hydroxyl groups excluding tert-OH is 1. The van der Waals surface area contributed by atoms with Gasteiger partial charge in [0.25, 0.3) is 5.69 Å². The summed E-state index contributed by atoms with van der Waals surface area (Å²) in [7, 11) is 0. The van der Waals surface area contributed by atoms with E-state index in [-0.39, 0.29) is 17.2 Å². The summed E-state index contributed by atoms with van der Waals surface area (Å²) in [6, 6.07) is 5.52. The molecule has 0 saturated carbocycles. The molecule has 1 aliphatic heterocycles. The monoisotopic (exact) mass is 357 g/mol. The van der Waals surface area contributed by atoms with Gasteiger partial charge in [0, 0.05) is 41.8 Å². The normalized spacial score (nSPS) is 18.3. The summed E-state index contributed by atoms with van der Waals surface area (Å²) in [5.41, 5.74) is 0.793. The van der Waals surface area contributed by atoms with Crippen molar-refractivity contribution in [3.63, 3.8) is 0 Å². The smallest absolute Gasteiger partial charge is 0.275 e. The minimum absolute atomic E-state index is 0.0526. The molecule has 1 aromatic carbocycles. The van der Waals surface area contributed by atoms with E-state index in [0.717, 1.165) is 25.9 Å². The molecule has 21 heavy (non-hydrogen) atoms. The van der Waals surface area contributed by atoms with Crippen LogP contribution in [0.25, 0.3) is 0 Å². The molecule has 1 aromatic rings. The average molecular weight is 358 g/mol. The lowest BCUT2D eigenvalue weighted by molar-refractivity contribution is -0.385. The first-order valence-corrected chi connectivity index (χ1v) is 7.89. The molecule has 0 aromatic heterocycles. The van der Waals surface area contributed by atoms with Gasteiger partial charge in [0.2, 0.25) is 0 Å². The Bertz CT molecular complexity index is 492. The van der Waals surface area contributed by atoms with Crippen LogP contribution in [0, 0.1) is 10.1 Å². The molecule has 1 fully saturated rings. The molecule has 0 radical (unpaired) electrons. The van der Waals surface area contributed by atoms with E-state index in [1.807, 2.05) is 6.07 Å². The van der Waals surface area contributed by atoms with Gasteiger partial charge in [-0.25, -0.2) is 0 Å². The third-order valence-electron chi connectivity index (χ3n) is 3.70. The van der Waals surface area contributed by atoms with Gasteiger partial charge in [-0.2, -0.15) is 0 Å². The molecule has 2 N–H and O–H groups in total. The largest absolute Gasteiger partial charge is 0.395 e. The van der Waals surface area contributed by atoms with Crippen molar-refractivity contribution < 1.29 is 10.0 Å². The third kappa shape index (κ3) is 4.74. The highest BCUT2D eigenvalue weighted by molar-refractivity contribution is 9.10. The number of nitro benzene ring substituents is 1. The number of rotatable bonds is 7. The average Bonchev–Trinajstić information content (AvgIpc) is 2.93. The van der Waals surface area contributed by atoms with Crippen LogP contribution in [0.4, 0.5) is 5.69 Å². The standard InChI is InChI=1S/C14H20BrN3O3/c15-12-4-3-11(14(8-12)18(20)21)9-17(6-7-19)10-13-2-1-5-16-13/h3-4,8,13,16,19H,1-2,5-7,9-10H2. The predicted molar refractivity (Wildman–Crippen MR) is 84.2 cm³/mol. The van der Waals surface area contributed by atoms with Crippen LogP contribution in [0.15, 0.2) is 22.7 Å². The maximum atomic E-state index is 11.2. The van der Waals surface area contributed by atoms with Crippen LogP contribution >= 0.6 is 15.9 Å². The van der Waals surface area contributed by atoms with Crippen molar-refractivity contribution >= 4 is 21.6 Å². The van der Waals surface area contributed by atoms with Gasteiger partial charge in [-0.05, 0) is 31.5 Å². The quantitative estimate of drug-likeness (QED) is 0.575. The van der Waals surface area contributed by atoms with Crippen molar-refractivity contribution in [2.24, 2.45) is 0 Å². The minimum atomic E-state index is -0.356. The maximum Gasteiger partial charge on any atom is 0.275 e. The van der Waals surface area contributed by atoms with Crippen molar-refractivity contribution in [1.29, 1.82) is 0 Å². The fourth-order valence-electron chi connectivity index (χ4n) is 2.68. The zero-order valence-electron chi connectivity index (χ0n) is 11.8. The molecule has 0 aliphatic carbocycles. The third-order valence-corrected chi connectivity index (χ3v) is 4.19. The SMILES string of the molecule is O=[N+]([O-])c1cc(Br)ccc1CN(CCO)CC1CCCN1. The Kier molecular flexibility index (Phi) is 6.10. The molecule has 0 spiro atoms. The summed E-state index contributed by atoms with van der Waals surface area (Å²) in [5, 5.41) is 23.8. The van der Waals surface area contributed by atoms with Crippen LogP contribution in [0.5, 0.6) is 0 Å². The summed E-state index contributed by atoms with van der Waals surface area (Å²) in [6.07, 6.45) is 2.28. The number of nitro groups is 1. The van der Waals surface area contributed by atoms with Crippen LogP contribution in [-0.4, -0.2) is 47.2 Å². The lowest BCUT2D eigenvalue weighted by Crippen LogP contribution is -2.38. The van der Waals surface area contributed by atoms with Gasteiger partial charge in [-0.15, -0.1) is 0 Å². The summed E-state index contributed by atoms with van der Waals surface area (Å²) < 4.78 is 0.698. The first-order valence-electron chi connectivity index (χ1n) is 7.09. The van der Waals surface area contributed by atoms with Gasteiger partial charge in [0.1, 0.15) is 0 Å². The predicted octanol–water partition coefficient (Wildman–Crippen LogP) is 1.90.